The van der Waals surface area contributed by atoms with E-state index in [4.69, 9.17) is 5.73 Å². The van der Waals surface area contributed by atoms with Crippen molar-refractivity contribution in [3.05, 3.63) is 12.4 Å². The molecule has 0 aromatic carbocycles. The summed E-state index contributed by atoms with van der Waals surface area (Å²) in [6.07, 6.45) is 7.73. The van der Waals surface area contributed by atoms with Gasteiger partial charge >= 0.3 is 0 Å². The highest BCUT2D eigenvalue weighted by Gasteiger charge is 2.33. The fraction of sp³-hybridized carbons (Fsp3) is 0.786. The molecule has 0 saturated carbocycles. The normalized spacial score (nSPS) is 29.3. The van der Waals surface area contributed by atoms with Gasteiger partial charge in [0.1, 0.15) is 0 Å². The third-order valence-corrected chi connectivity index (χ3v) is 4.73. The van der Waals surface area contributed by atoms with E-state index in [9.17, 15) is 0 Å². The van der Waals surface area contributed by atoms with Crippen LogP contribution in [0.3, 0.4) is 0 Å². The summed E-state index contributed by atoms with van der Waals surface area (Å²) in [5, 5.41) is 4.25. The number of aromatic nitrogens is 2. The van der Waals surface area contributed by atoms with Gasteiger partial charge in [-0.05, 0) is 45.3 Å². The van der Waals surface area contributed by atoms with E-state index in [2.05, 4.69) is 21.9 Å². The van der Waals surface area contributed by atoms with Gasteiger partial charge in [0.05, 0.1) is 18.4 Å². The Kier molecular flexibility index (Phi) is 3.75. The molecule has 0 aliphatic carbocycles. The van der Waals surface area contributed by atoms with Crippen molar-refractivity contribution in [2.24, 2.45) is 5.92 Å². The van der Waals surface area contributed by atoms with Crippen LogP contribution in [0.5, 0.6) is 0 Å². The van der Waals surface area contributed by atoms with Crippen LogP contribution in [-0.4, -0.2) is 58.8 Å². The molecule has 5 heteroatoms. The molecule has 2 atom stereocenters. The predicted octanol–water partition coefficient (Wildman–Crippen LogP) is 0.881. The number of nitrogen functional groups attached to an aromatic ring is 1. The summed E-state index contributed by atoms with van der Waals surface area (Å²) in [5.74, 6) is 0.871. The highest BCUT2D eigenvalue weighted by atomic mass is 15.3. The second-order valence-corrected chi connectivity index (χ2v) is 6.08. The Morgan fingerprint density at radius 2 is 2.21 bits per heavy atom. The Balaban J connectivity index is 1.51. The molecular formula is C14H25N5. The molecule has 3 rings (SSSR count). The van der Waals surface area contributed by atoms with Crippen molar-refractivity contribution in [1.82, 2.24) is 19.6 Å². The molecule has 2 fully saturated rings. The Bertz CT molecular complexity index is 416. The van der Waals surface area contributed by atoms with Crippen LogP contribution in [0.1, 0.15) is 19.3 Å². The van der Waals surface area contributed by atoms with Crippen LogP contribution in [0, 0.1) is 5.92 Å². The van der Waals surface area contributed by atoms with E-state index in [1.807, 2.05) is 10.9 Å². The Labute approximate surface area is 115 Å². The lowest BCUT2D eigenvalue weighted by Gasteiger charge is -2.46. The molecule has 2 N–H and O–H groups in total. The number of likely N-dealkylation sites (tertiary alicyclic amines) is 2. The second-order valence-electron chi connectivity index (χ2n) is 6.08. The van der Waals surface area contributed by atoms with Crippen LogP contribution >= 0.6 is 0 Å². The topological polar surface area (TPSA) is 50.3 Å². The van der Waals surface area contributed by atoms with Crippen molar-refractivity contribution < 1.29 is 0 Å². The van der Waals surface area contributed by atoms with Crippen LogP contribution < -0.4 is 5.73 Å². The third-order valence-electron chi connectivity index (χ3n) is 4.73. The van der Waals surface area contributed by atoms with Gasteiger partial charge < -0.3 is 15.5 Å². The molecule has 0 bridgehead atoms. The van der Waals surface area contributed by atoms with Crippen LogP contribution in [0.15, 0.2) is 12.4 Å². The maximum atomic E-state index is 5.69. The Morgan fingerprint density at radius 3 is 3.00 bits per heavy atom. The summed E-state index contributed by atoms with van der Waals surface area (Å²) in [7, 11) is 2.29. The highest BCUT2D eigenvalue weighted by Crippen LogP contribution is 2.29. The van der Waals surface area contributed by atoms with Crippen molar-refractivity contribution >= 4 is 5.69 Å². The van der Waals surface area contributed by atoms with Gasteiger partial charge in [0.25, 0.3) is 0 Å². The minimum Gasteiger partial charge on any atom is -0.396 e. The zero-order valence-electron chi connectivity index (χ0n) is 11.8. The van der Waals surface area contributed by atoms with E-state index < -0.39 is 0 Å². The largest absolute Gasteiger partial charge is 0.396 e. The summed E-state index contributed by atoms with van der Waals surface area (Å²) >= 11 is 0. The molecule has 1 aromatic rings. The number of hydrogen-bond acceptors (Lipinski definition) is 4. The Morgan fingerprint density at radius 1 is 1.32 bits per heavy atom. The van der Waals surface area contributed by atoms with Gasteiger partial charge in [0.2, 0.25) is 0 Å². The number of rotatable bonds is 3. The zero-order valence-corrected chi connectivity index (χ0v) is 11.8. The maximum absolute atomic E-state index is 5.69. The summed E-state index contributed by atoms with van der Waals surface area (Å²) in [4.78, 5) is 5.16. The molecular weight excluding hydrogens is 238 g/mol. The first-order valence-corrected chi connectivity index (χ1v) is 7.43. The van der Waals surface area contributed by atoms with Crippen LogP contribution in [0.4, 0.5) is 5.69 Å². The van der Waals surface area contributed by atoms with Crippen molar-refractivity contribution in [2.75, 3.05) is 39.0 Å². The first-order valence-electron chi connectivity index (χ1n) is 7.43. The van der Waals surface area contributed by atoms with Crippen molar-refractivity contribution in [3.63, 3.8) is 0 Å². The fourth-order valence-corrected chi connectivity index (χ4v) is 3.68. The van der Waals surface area contributed by atoms with Crippen molar-refractivity contribution in [1.29, 1.82) is 0 Å². The SMILES string of the molecule is CN1CCCC2CN(CCn3cc(N)cn3)CCC21. The van der Waals surface area contributed by atoms with Gasteiger partial charge in [0, 0.05) is 25.3 Å². The molecule has 0 spiro atoms. The predicted molar refractivity (Wildman–Crippen MR) is 76.8 cm³/mol. The highest BCUT2D eigenvalue weighted by molar-refractivity contribution is 5.30. The lowest BCUT2D eigenvalue weighted by Crippen LogP contribution is -2.53. The third kappa shape index (κ3) is 2.92. The average molecular weight is 263 g/mol. The van der Waals surface area contributed by atoms with E-state index in [0.29, 0.717) is 0 Å². The number of anilines is 1. The van der Waals surface area contributed by atoms with E-state index in [1.54, 1.807) is 6.20 Å². The standard InChI is InChI=1S/C14H25N5/c1-17-5-2-3-12-10-18(6-4-14(12)17)7-8-19-11-13(15)9-16-19/h9,11-12,14H,2-8,10,15H2,1H3. The lowest BCUT2D eigenvalue weighted by molar-refractivity contribution is 0.0370. The van der Waals surface area contributed by atoms with Gasteiger partial charge in [-0.15, -0.1) is 0 Å². The van der Waals surface area contributed by atoms with E-state index in [0.717, 1.165) is 30.7 Å². The first-order chi connectivity index (χ1) is 9.22. The van der Waals surface area contributed by atoms with Crippen molar-refractivity contribution in [2.45, 2.75) is 31.8 Å². The molecule has 0 radical (unpaired) electrons. The molecule has 106 valence electrons. The van der Waals surface area contributed by atoms with Gasteiger partial charge in [-0.25, -0.2) is 0 Å². The van der Waals surface area contributed by atoms with E-state index >= 15 is 0 Å². The van der Waals surface area contributed by atoms with E-state index in [1.165, 1.54) is 38.9 Å². The summed E-state index contributed by atoms with van der Waals surface area (Å²) in [6.45, 7) is 5.81. The van der Waals surface area contributed by atoms with Crippen LogP contribution in [-0.2, 0) is 6.54 Å². The minimum atomic E-state index is 0.757. The maximum Gasteiger partial charge on any atom is 0.0719 e. The first kappa shape index (κ1) is 12.9. The summed E-state index contributed by atoms with van der Waals surface area (Å²) in [6, 6.07) is 0.824. The molecule has 2 unspecified atom stereocenters. The summed E-state index contributed by atoms with van der Waals surface area (Å²) in [5.41, 5.74) is 6.44. The minimum absolute atomic E-state index is 0.757. The molecule has 0 amide bonds. The molecule has 19 heavy (non-hydrogen) atoms. The molecule has 3 heterocycles. The molecule has 1 aromatic heterocycles. The molecule has 2 aliphatic heterocycles. The molecule has 2 saturated heterocycles. The number of nitrogens with two attached hydrogens (primary N) is 1. The monoisotopic (exact) mass is 263 g/mol. The number of piperidine rings is 2. The molecule has 5 nitrogen and oxygen atoms in total. The number of fused-ring (bicyclic) bond motifs is 1. The second kappa shape index (κ2) is 5.51. The number of nitrogens with zero attached hydrogens (tertiary/aromatic N) is 4. The van der Waals surface area contributed by atoms with Gasteiger partial charge in [0.15, 0.2) is 0 Å². The summed E-state index contributed by atoms with van der Waals surface area (Å²) < 4.78 is 1.95. The van der Waals surface area contributed by atoms with E-state index in [-0.39, 0.29) is 0 Å². The fourth-order valence-electron chi connectivity index (χ4n) is 3.68. The molecule has 2 aliphatic rings. The Hall–Kier alpha value is -1.07. The average Bonchev–Trinajstić information content (AvgIpc) is 2.82. The van der Waals surface area contributed by atoms with Crippen LogP contribution in [0.2, 0.25) is 0 Å². The quantitative estimate of drug-likeness (QED) is 0.879. The van der Waals surface area contributed by atoms with Gasteiger partial charge in [-0.3, -0.25) is 4.68 Å². The van der Waals surface area contributed by atoms with Gasteiger partial charge in [-0.2, -0.15) is 5.10 Å². The van der Waals surface area contributed by atoms with Crippen LogP contribution in [0.25, 0.3) is 0 Å². The zero-order chi connectivity index (χ0) is 13.2. The smallest absolute Gasteiger partial charge is 0.0719 e. The van der Waals surface area contributed by atoms with Crippen molar-refractivity contribution in [3.8, 4) is 0 Å². The lowest BCUT2D eigenvalue weighted by atomic mass is 9.84. The number of hydrogen-bond donors (Lipinski definition) is 1. The van der Waals surface area contributed by atoms with Gasteiger partial charge in [-0.1, -0.05) is 0 Å².